The van der Waals surface area contributed by atoms with Crippen LogP contribution in [0.5, 0.6) is 0 Å². The van der Waals surface area contributed by atoms with Crippen molar-refractivity contribution in [2.75, 3.05) is 25.1 Å². The van der Waals surface area contributed by atoms with E-state index >= 15 is 0 Å². The molecule has 1 aliphatic carbocycles. The van der Waals surface area contributed by atoms with E-state index in [1.54, 1.807) is 12.1 Å². The number of esters is 1. The first-order chi connectivity index (χ1) is 12.5. The van der Waals surface area contributed by atoms with E-state index in [4.69, 9.17) is 4.74 Å². The van der Waals surface area contributed by atoms with Crippen molar-refractivity contribution < 1.29 is 18.3 Å². The van der Waals surface area contributed by atoms with Crippen molar-refractivity contribution in [1.29, 1.82) is 0 Å². The SMILES string of the molecule is CCN(CC1CCC(C(=O)OC)CC1)c1ccc2nnc(C(F)F)n2n1. The largest absolute Gasteiger partial charge is 0.469 e. The molecule has 1 saturated carbocycles. The fraction of sp³-hybridized carbons (Fsp3) is 0.647. The molecule has 1 aliphatic rings. The number of aromatic nitrogens is 4. The van der Waals surface area contributed by atoms with Gasteiger partial charge in [-0.25, -0.2) is 8.78 Å². The van der Waals surface area contributed by atoms with E-state index in [0.29, 0.717) is 23.9 Å². The van der Waals surface area contributed by atoms with Gasteiger partial charge in [0, 0.05) is 13.1 Å². The van der Waals surface area contributed by atoms with Crippen molar-refractivity contribution in [3.63, 3.8) is 0 Å². The third-order valence-corrected chi connectivity index (χ3v) is 5.03. The predicted octanol–water partition coefficient (Wildman–Crippen LogP) is 2.87. The number of hydrogen-bond acceptors (Lipinski definition) is 6. The number of ether oxygens (including phenoxy) is 1. The van der Waals surface area contributed by atoms with Crippen LogP contribution in [0.2, 0.25) is 0 Å². The van der Waals surface area contributed by atoms with Gasteiger partial charge in [0.15, 0.2) is 5.65 Å². The van der Waals surface area contributed by atoms with Crippen LogP contribution in [0.25, 0.3) is 5.65 Å². The summed E-state index contributed by atoms with van der Waals surface area (Å²) in [4.78, 5) is 13.7. The highest BCUT2D eigenvalue weighted by molar-refractivity contribution is 5.72. The van der Waals surface area contributed by atoms with E-state index in [-0.39, 0.29) is 11.9 Å². The molecule has 1 fully saturated rings. The summed E-state index contributed by atoms with van der Waals surface area (Å²) < 4.78 is 32.0. The first-order valence-corrected chi connectivity index (χ1v) is 8.86. The number of rotatable bonds is 6. The lowest BCUT2D eigenvalue weighted by Crippen LogP contribution is -2.33. The molecule has 0 unspecified atom stereocenters. The molecule has 0 radical (unpaired) electrons. The van der Waals surface area contributed by atoms with Gasteiger partial charge >= 0.3 is 5.97 Å². The molecule has 0 aromatic carbocycles. The number of carbonyl (C=O) groups is 1. The minimum Gasteiger partial charge on any atom is -0.469 e. The average molecular weight is 367 g/mol. The number of carbonyl (C=O) groups excluding carboxylic acids is 1. The Balaban J connectivity index is 1.70. The molecule has 0 spiro atoms. The van der Waals surface area contributed by atoms with Gasteiger partial charge in [-0.2, -0.15) is 4.52 Å². The van der Waals surface area contributed by atoms with Gasteiger partial charge in [-0.3, -0.25) is 4.79 Å². The van der Waals surface area contributed by atoms with E-state index in [2.05, 4.69) is 20.2 Å². The Hall–Kier alpha value is -2.32. The van der Waals surface area contributed by atoms with Gasteiger partial charge in [0.1, 0.15) is 5.82 Å². The molecule has 3 rings (SSSR count). The molecule has 0 amide bonds. The van der Waals surface area contributed by atoms with Crippen LogP contribution in [0.1, 0.15) is 44.9 Å². The molecule has 26 heavy (non-hydrogen) atoms. The van der Waals surface area contributed by atoms with E-state index < -0.39 is 12.2 Å². The molecule has 0 N–H and O–H groups in total. The third kappa shape index (κ3) is 3.76. The van der Waals surface area contributed by atoms with Crippen molar-refractivity contribution in [3.05, 3.63) is 18.0 Å². The van der Waals surface area contributed by atoms with Gasteiger partial charge in [-0.1, -0.05) is 0 Å². The molecule has 0 aliphatic heterocycles. The molecular formula is C17H23F2N5O2. The lowest BCUT2D eigenvalue weighted by molar-refractivity contribution is -0.146. The second kappa shape index (κ2) is 7.92. The number of fused-ring (bicyclic) bond motifs is 1. The standard InChI is InChI=1S/C17H23F2N5O2/c1-3-23(10-11-4-6-12(7-5-11)17(25)26-2)14-9-8-13-20-21-16(15(18)19)24(13)22-14/h8-9,11-12,15H,3-7,10H2,1-2H3. The summed E-state index contributed by atoms with van der Waals surface area (Å²) in [6.45, 7) is 3.49. The second-order valence-corrected chi connectivity index (χ2v) is 6.60. The Labute approximate surface area is 150 Å². The number of hydrogen-bond donors (Lipinski definition) is 0. The Morgan fingerprint density at radius 3 is 2.65 bits per heavy atom. The van der Waals surface area contributed by atoms with Crippen LogP contribution in [0, 0.1) is 11.8 Å². The minimum absolute atomic E-state index is 0.00794. The fourth-order valence-electron chi connectivity index (χ4n) is 3.54. The molecule has 0 atom stereocenters. The quantitative estimate of drug-likeness (QED) is 0.731. The van der Waals surface area contributed by atoms with Gasteiger partial charge in [0.2, 0.25) is 5.82 Å². The molecule has 0 saturated heterocycles. The fourth-order valence-corrected chi connectivity index (χ4v) is 3.54. The normalized spacial score (nSPS) is 20.5. The number of alkyl halides is 2. The zero-order valence-corrected chi connectivity index (χ0v) is 14.9. The summed E-state index contributed by atoms with van der Waals surface area (Å²) in [6, 6.07) is 3.43. The van der Waals surface area contributed by atoms with E-state index in [9.17, 15) is 13.6 Å². The zero-order valence-electron chi connectivity index (χ0n) is 14.9. The average Bonchev–Trinajstić information content (AvgIpc) is 3.09. The molecule has 2 heterocycles. The maximum atomic E-state index is 13.0. The van der Waals surface area contributed by atoms with Gasteiger partial charge in [-0.05, 0) is 50.7 Å². The Bertz CT molecular complexity index is 759. The van der Waals surface area contributed by atoms with Crippen molar-refractivity contribution in [2.45, 2.75) is 39.0 Å². The van der Waals surface area contributed by atoms with E-state index in [0.717, 1.165) is 36.7 Å². The van der Waals surface area contributed by atoms with Crippen LogP contribution in [-0.2, 0) is 9.53 Å². The molecule has 7 nitrogen and oxygen atoms in total. The first-order valence-electron chi connectivity index (χ1n) is 8.86. The van der Waals surface area contributed by atoms with E-state index in [1.807, 2.05) is 6.92 Å². The highest BCUT2D eigenvalue weighted by Crippen LogP contribution is 2.31. The molecule has 9 heteroatoms. The lowest BCUT2D eigenvalue weighted by atomic mass is 9.82. The van der Waals surface area contributed by atoms with Crippen LogP contribution in [0.15, 0.2) is 12.1 Å². The maximum Gasteiger partial charge on any atom is 0.308 e. The van der Waals surface area contributed by atoms with Crippen LogP contribution in [0.3, 0.4) is 0 Å². The van der Waals surface area contributed by atoms with Crippen LogP contribution in [-0.4, -0.2) is 46.0 Å². The zero-order chi connectivity index (χ0) is 18.7. The van der Waals surface area contributed by atoms with E-state index in [1.165, 1.54) is 7.11 Å². The van der Waals surface area contributed by atoms with Crippen molar-refractivity contribution in [2.24, 2.45) is 11.8 Å². The third-order valence-electron chi connectivity index (χ3n) is 5.03. The maximum absolute atomic E-state index is 13.0. The summed E-state index contributed by atoms with van der Waals surface area (Å²) in [5, 5.41) is 11.5. The molecule has 142 valence electrons. The summed E-state index contributed by atoms with van der Waals surface area (Å²) in [6.07, 6.45) is 0.794. The monoisotopic (exact) mass is 367 g/mol. The van der Waals surface area contributed by atoms with Crippen LogP contribution >= 0.6 is 0 Å². The van der Waals surface area contributed by atoms with Gasteiger partial charge in [0.05, 0.1) is 13.0 Å². The van der Waals surface area contributed by atoms with Crippen molar-refractivity contribution >= 4 is 17.4 Å². The summed E-state index contributed by atoms with van der Waals surface area (Å²) >= 11 is 0. The van der Waals surface area contributed by atoms with Crippen molar-refractivity contribution in [3.8, 4) is 0 Å². The predicted molar refractivity (Wildman–Crippen MR) is 91.1 cm³/mol. The Kier molecular flexibility index (Phi) is 5.63. The first kappa shape index (κ1) is 18.5. The number of methoxy groups -OCH3 is 1. The molecule has 2 aromatic heterocycles. The summed E-state index contributed by atoms with van der Waals surface area (Å²) in [7, 11) is 1.42. The highest BCUT2D eigenvalue weighted by Gasteiger charge is 2.28. The number of nitrogens with zero attached hydrogens (tertiary/aromatic N) is 5. The second-order valence-electron chi connectivity index (χ2n) is 6.60. The smallest absolute Gasteiger partial charge is 0.308 e. The summed E-state index contributed by atoms with van der Waals surface area (Å²) in [5.41, 5.74) is 0.304. The summed E-state index contributed by atoms with van der Waals surface area (Å²) in [5.74, 6) is 0.471. The Morgan fingerprint density at radius 2 is 2.04 bits per heavy atom. The Morgan fingerprint density at radius 1 is 1.31 bits per heavy atom. The number of anilines is 1. The van der Waals surface area contributed by atoms with Gasteiger partial charge in [0.25, 0.3) is 6.43 Å². The lowest BCUT2D eigenvalue weighted by Gasteiger charge is -2.32. The number of halogens is 2. The highest BCUT2D eigenvalue weighted by atomic mass is 19.3. The van der Waals surface area contributed by atoms with Gasteiger partial charge < -0.3 is 9.64 Å². The van der Waals surface area contributed by atoms with Crippen LogP contribution < -0.4 is 4.90 Å². The van der Waals surface area contributed by atoms with Gasteiger partial charge in [-0.15, -0.1) is 15.3 Å². The van der Waals surface area contributed by atoms with Crippen molar-refractivity contribution in [1.82, 2.24) is 19.8 Å². The molecule has 2 aromatic rings. The molecule has 0 bridgehead atoms. The minimum atomic E-state index is -2.73. The van der Waals surface area contributed by atoms with Crippen LogP contribution in [0.4, 0.5) is 14.6 Å². The topological polar surface area (TPSA) is 72.6 Å². The molecular weight excluding hydrogens is 344 g/mol.